The van der Waals surface area contributed by atoms with Crippen LogP contribution in [0.1, 0.15) is 22.8 Å². The molecule has 1 fully saturated rings. The summed E-state index contributed by atoms with van der Waals surface area (Å²) in [5.74, 6) is 0.268. The van der Waals surface area contributed by atoms with Crippen LogP contribution >= 0.6 is 0 Å². The molecule has 0 N–H and O–H groups in total. The lowest BCUT2D eigenvalue weighted by molar-refractivity contribution is -0.151. The van der Waals surface area contributed by atoms with Crippen molar-refractivity contribution in [3.8, 4) is 5.75 Å². The van der Waals surface area contributed by atoms with Gasteiger partial charge in [0.15, 0.2) is 5.60 Å². The highest BCUT2D eigenvalue weighted by Crippen LogP contribution is 2.30. The topological polar surface area (TPSA) is 59.1 Å². The molecule has 0 saturated carbocycles. The molecule has 2 aromatic rings. The van der Waals surface area contributed by atoms with Gasteiger partial charge in [0.25, 0.3) is 5.91 Å². The molecule has 2 aliphatic rings. The molecule has 0 spiro atoms. The van der Waals surface area contributed by atoms with Crippen molar-refractivity contribution in [1.29, 1.82) is 0 Å². The Balaban J connectivity index is 1.45. The lowest BCUT2D eigenvalue weighted by atomic mass is 9.88. The number of ether oxygens (including phenoxy) is 2. The molecule has 2 heterocycles. The molecular weight excluding hydrogens is 356 g/mol. The minimum absolute atomic E-state index is 0.124. The van der Waals surface area contributed by atoms with Crippen molar-refractivity contribution in [3.63, 3.8) is 0 Å². The molecule has 1 amide bonds. The van der Waals surface area contributed by atoms with Crippen molar-refractivity contribution in [2.75, 3.05) is 38.2 Å². The summed E-state index contributed by atoms with van der Waals surface area (Å²) in [7, 11) is 1.65. The van der Waals surface area contributed by atoms with E-state index in [2.05, 4.69) is 4.90 Å². The SMILES string of the molecule is COc1cccc(N2CCN(C(=O)C3(C)Cc4ccccc4C(=O)O3)CC2)c1. The van der Waals surface area contributed by atoms with Gasteiger partial charge in [0.2, 0.25) is 0 Å². The summed E-state index contributed by atoms with van der Waals surface area (Å²) in [4.78, 5) is 29.6. The number of rotatable bonds is 3. The van der Waals surface area contributed by atoms with Gasteiger partial charge >= 0.3 is 5.97 Å². The third-order valence-electron chi connectivity index (χ3n) is 5.52. The molecule has 0 bridgehead atoms. The fourth-order valence-electron chi connectivity index (χ4n) is 3.96. The van der Waals surface area contributed by atoms with E-state index in [1.165, 1.54) is 0 Å². The summed E-state index contributed by atoms with van der Waals surface area (Å²) in [5.41, 5.74) is 1.35. The van der Waals surface area contributed by atoms with E-state index in [9.17, 15) is 9.59 Å². The molecule has 2 aliphatic heterocycles. The number of anilines is 1. The van der Waals surface area contributed by atoms with Gasteiger partial charge < -0.3 is 19.3 Å². The van der Waals surface area contributed by atoms with Gasteiger partial charge in [0.1, 0.15) is 5.75 Å². The average Bonchev–Trinajstić information content (AvgIpc) is 2.73. The second-order valence-electron chi connectivity index (χ2n) is 7.44. The van der Waals surface area contributed by atoms with Gasteiger partial charge in [-0.15, -0.1) is 0 Å². The Morgan fingerprint density at radius 2 is 1.82 bits per heavy atom. The van der Waals surface area contributed by atoms with Crippen molar-refractivity contribution < 1.29 is 19.1 Å². The average molecular weight is 380 g/mol. The number of nitrogens with zero attached hydrogens (tertiary/aromatic N) is 2. The lowest BCUT2D eigenvalue weighted by Gasteiger charge is -2.41. The number of hydrogen-bond acceptors (Lipinski definition) is 5. The van der Waals surface area contributed by atoms with Crippen LogP contribution < -0.4 is 9.64 Å². The summed E-state index contributed by atoms with van der Waals surface area (Å²) in [5, 5.41) is 0. The predicted molar refractivity (Wildman–Crippen MR) is 106 cm³/mol. The Morgan fingerprint density at radius 1 is 1.07 bits per heavy atom. The van der Waals surface area contributed by atoms with E-state index in [-0.39, 0.29) is 5.91 Å². The van der Waals surface area contributed by atoms with Gasteiger partial charge in [0.05, 0.1) is 12.7 Å². The molecule has 0 aromatic heterocycles. The first-order chi connectivity index (χ1) is 13.5. The number of carbonyl (C=O) groups excluding carboxylic acids is 2. The van der Waals surface area contributed by atoms with E-state index in [1.54, 1.807) is 25.0 Å². The van der Waals surface area contributed by atoms with Crippen LogP contribution in [0.2, 0.25) is 0 Å². The normalized spacial score (nSPS) is 21.7. The highest BCUT2D eigenvalue weighted by molar-refractivity contribution is 5.97. The van der Waals surface area contributed by atoms with Crippen molar-refractivity contribution in [2.45, 2.75) is 18.9 Å². The van der Waals surface area contributed by atoms with Gasteiger partial charge in [-0.05, 0) is 30.7 Å². The van der Waals surface area contributed by atoms with Crippen LogP contribution in [0.5, 0.6) is 5.75 Å². The first-order valence-corrected chi connectivity index (χ1v) is 9.50. The lowest BCUT2D eigenvalue weighted by Crippen LogP contribution is -2.58. The monoisotopic (exact) mass is 380 g/mol. The summed E-state index contributed by atoms with van der Waals surface area (Å²) in [6.07, 6.45) is 0.407. The van der Waals surface area contributed by atoms with Gasteiger partial charge in [-0.2, -0.15) is 0 Å². The van der Waals surface area contributed by atoms with Crippen LogP contribution in [0.3, 0.4) is 0 Å². The molecule has 1 atom stereocenters. The van der Waals surface area contributed by atoms with Crippen LogP contribution in [-0.2, 0) is 16.0 Å². The third kappa shape index (κ3) is 3.30. The molecule has 6 nitrogen and oxygen atoms in total. The Morgan fingerprint density at radius 3 is 2.57 bits per heavy atom. The summed E-state index contributed by atoms with van der Waals surface area (Å²) < 4.78 is 10.9. The van der Waals surface area contributed by atoms with Crippen LogP contribution in [0.4, 0.5) is 5.69 Å². The molecule has 6 heteroatoms. The number of esters is 1. The molecular formula is C22H24N2O4. The smallest absolute Gasteiger partial charge is 0.339 e. The maximum absolute atomic E-state index is 13.2. The Kier molecular flexibility index (Phi) is 4.71. The Labute approximate surface area is 164 Å². The molecule has 2 aromatic carbocycles. The number of methoxy groups -OCH3 is 1. The number of amides is 1. The quantitative estimate of drug-likeness (QED) is 0.766. The molecule has 0 radical (unpaired) electrons. The highest BCUT2D eigenvalue weighted by Gasteiger charge is 2.45. The Bertz CT molecular complexity index is 905. The molecule has 0 aliphatic carbocycles. The zero-order valence-electron chi connectivity index (χ0n) is 16.2. The molecule has 1 saturated heterocycles. The second kappa shape index (κ2) is 7.19. The molecule has 1 unspecified atom stereocenters. The van der Waals surface area contributed by atoms with Crippen molar-refractivity contribution in [3.05, 3.63) is 59.7 Å². The number of benzene rings is 2. The van der Waals surface area contributed by atoms with Crippen molar-refractivity contribution in [1.82, 2.24) is 4.90 Å². The van der Waals surface area contributed by atoms with E-state index >= 15 is 0 Å². The van der Waals surface area contributed by atoms with Crippen LogP contribution in [0, 0.1) is 0 Å². The van der Waals surface area contributed by atoms with Gasteiger partial charge in [-0.25, -0.2) is 4.79 Å². The second-order valence-corrected chi connectivity index (χ2v) is 7.44. The van der Waals surface area contributed by atoms with E-state index < -0.39 is 11.6 Å². The maximum atomic E-state index is 13.2. The zero-order valence-corrected chi connectivity index (χ0v) is 16.2. The third-order valence-corrected chi connectivity index (χ3v) is 5.52. The van der Waals surface area contributed by atoms with Gasteiger partial charge in [-0.3, -0.25) is 4.79 Å². The molecule has 28 heavy (non-hydrogen) atoms. The van der Waals surface area contributed by atoms with E-state index in [0.717, 1.165) is 30.1 Å². The molecule has 4 rings (SSSR count). The van der Waals surface area contributed by atoms with Crippen LogP contribution in [0.15, 0.2) is 48.5 Å². The molecule has 146 valence electrons. The van der Waals surface area contributed by atoms with Gasteiger partial charge in [-0.1, -0.05) is 24.3 Å². The first-order valence-electron chi connectivity index (χ1n) is 9.50. The van der Waals surface area contributed by atoms with Crippen LogP contribution in [-0.4, -0.2) is 55.7 Å². The number of cyclic esters (lactones) is 1. The zero-order chi connectivity index (χ0) is 19.7. The summed E-state index contributed by atoms with van der Waals surface area (Å²) in [6.45, 7) is 4.34. The minimum Gasteiger partial charge on any atom is -0.497 e. The van der Waals surface area contributed by atoms with Crippen molar-refractivity contribution in [2.24, 2.45) is 0 Å². The largest absolute Gasteiger partial charge is 0.497 e. The Hall–Kier alpha value is -3.02. The highest BCUT2D eigenvalue weighted by atomic mass is 16.6. The van der Waals surface area contributed by atoms with E-state index in [1.807, 2.05) is 42.5 Å². The fraction of sp³-hybridized carbons (Fsp3) is 0.364. The predicted octanol–water partition coefficient (Wildman–Crippen LogP) is 2.52. The number of piperazine rings is 1. The maximum Gasteiger partial charge on any atom is 0.339 e. The summed E-state index contributed by atoms with van der Waals surface area (Å²) >= 11 is 0. The minimum atomic E-state index is -1.15. The van der Waals surface area contributed by atoms with Crippen molar-refractivity contribution >= 4 is 17.6 Å². The summed E-state index contributed by atoms with van der Waals surface area (Å²) in [6, 6.07) is 15.2. The first kappa shape index (κ1) is 18.3. The number of fused-ring (bicyclic) bond motifs is 1. The van der Waals surface area contributed by atoms with E-state index in [0.29, 0.717) is 25.1 Å². The number of hydrogen-bond donors (Lipinski definition) is 0. The fourth-order valence-corrected chi connectivity index (χ4v) is 3.96. The standard InChI is InChI=1S/C22H24N2O4/c1-22(15-16-6-3-4-9-19(16)20(25)28-22)21(26)24-12-10-23(11-13-24)17-7-5-8-18(14-17)27-2/h3-9,14H,10-13,15H2,1-2H3. The van der Waals surface area contributed by atoms with Gasteiger partial charge in [0, 0.05) is 44.4 Å². The number of carbonyl (C=O) groups is 2. The van der Waals surface area contributed by atoms with Crippen LogP contribution in [0.25, 0.3) is 0 Å². The van der Waals surface area contributed by atoms with E-state index in [4.69, 9.17) is 9.47 Å².